The van der Waals surface area contributed by atoms with E-state index in [0.717, 1.165) is 12.8 Å². The molecule has 0 bridgehead atoms. The van der Waals surface area contributed by atoms with Gasteiger partial charge in [-0.2, -0.15) is 0 Å². The molecule has 1 aliphatic rings. The smallest absolute Gasteiger partial charge is 0.318 e. The predicted octanol–water partition coefficient (Wildman–Crippen LogP) is -0.0370. The van der Waals surface area contributed by atoms with Crippen LogP contribution in [0.15, 0.2) is 0 Å². The van der Waals surface area contributed by atoms with E-state index in [9.17, 15) is 9.59 Å². The number of nitrogens with two attached hydrogens (primary N) is 2. The molecule has 1 rings (SSSR count). The number of amides is 3. The van der Waals surface area contributed by atoms with Crippen LogP contribution in [-0.2, 0) is 9.53 Å². The number of rotatable bonds is 5. The Bertz CT molecular complexity index is 271. The van der Waals surface area contributed by atoms with Crippen LogP contribution in [0.5, 0.6) is 0 Å². The topological polar surface area (TPSA) is 107 Å². The molecule has 5 N–H and O–H groups in total. The number of ether oxygens (including phenoxy) is 1. The molecule has 1 aliphatic carbocycles. The van der Waals surface area contributed by atoms with Crippen molar-refractivity contribution in [1.29, 1.82) is 0 Å². The Balaban J connectivity index is 2.20. The van der Waals surface area contributed by atoms with Crippen LogP contribution in [0, 0.1) is 11.8 Å². The number of primary amides is 1. The molecule has 0 aromatic heterocycles. The zero-order valence-corrected chi connectivity index (χ0v) is 9.98. The minimum absolute atomic E-state index is 0.128. The molecule has 0 aromatic rings. The highest BCUT2D eigenvalue weighted by atomic mass is 16.5. The maximum Gasteiger partial charge on any atom is 0.318 e. The summed E-state index contributed by atoms with van der Waals surface area (Å²) in [7, 11) is 0. The van der Waals surface area contributed by atoms with Gasteiger partial charge in [0.2, 0.25) is 0 Å². The average molecular weight is 243 g/mol. The van der Waals surface area contributed by atoms with E-state index in [-0.39, 0.29) is 6.61 Å². The van der Waals surface area contributed by atoms with Gasteiger partial charge in [0.15, 0.2) is 0 Å². The number of imide groups is 1. The summed E-state index contributed by atoms with van der Waals surface area (Å²) >= 11 is 0. The highest BCUT2D eigenvalue weighted by Gasteiger charge is 2.24. The van der Waals surface area contributed by atoms with Gasteiger partial charge in [-0.1, -0.05) is 12.8 Å². The maximum absolute atomic E-state index is 11.1. The van der Waals surface area contributed by atoms with Crippen molar-refractivity contribution in [1.82, 2.24) is 5.32 Å². The van der Waals surface area contributed by atoms with Gasteiger partial charge in [-0.15, -0.1) is 0 Å². The van der Waals surface area contributed by atoms with E-state index in [1.165, 1.54) is 12.8 Å². The molecule has 2 unspecified atom stereocenters. The molecule has 98 valence electrons. The molecule has 6 nitrogen and oxygen atoms in total. The highest BCUT2D eigenvalue weighted by Crippen LogP contribution is 2.29. The summed E-state index contributed by atoms with van der Waals surface area (Å²) in [6, 6.07) is -0.851. The van der Waals surface area contributed by atoms with Crippen molar-refractivity contribution in [2.45, 2.75) is 25.7 Å². The minimum Gasteiger partial charge on any atom is -0.371 e. The summed E-state index contributed by atoms with van der Waals surface area (Å²) in [5.74, 6) is 0.413. The second-order valence-corrected chi connectivity index (χ2v) is 4.47. The standard InChI is InChI=1S/C11H21N3O3/c12-5-8-3-1-2-4-9(8)6-17-7-10(15)14-11(13)16/h8-9H,1-7,12H2,(H3,13,14,15,16). The molecule has 17 heavy (non-hydrogen) atoms. The van der Waals surface area contributed by atoms with Crippen molar-refractivity contribution < 1.29 is 14.3 Å². The first-order valence-electron chi connectivity index (χ1n) is 6.00. The van der Waals surface area contributed by atoms with Crippen LogP contribution in [0.2, 0.25) is 0 Å². The second-order valence-electron chi connectivity index (χ2n) is 4.47. The fourth-order valence-corrected chi connectivity index (χ4v) is 2.29. The van der Waals surface area contributed by atoms with Gasteiger partial charge in [-0.05, 0) is 31.2 Å². The lowest BCUT2D eigenvalue weighted by atomic mass is 9.80. The average Bonchev–Trinajstić information content (AvgIpc) is 2.28. The van der Waals surface area contributed by atoms with E-state index in [0.29, 0.717) is 25.0 Å². The Labute approximate surface area is 101 Å². The Hall–Kier alpha value is -1.14. The van der Waals surface area contributed by atoms with Crippen LogP contribution in [0.1, 0.15) is 25.7 Å². The van der Waals surface area contributed by atoms with Gasteiger partial charge in [-0.3, -0.25) is 10.1 Å². The number of urea groups is 1. The Morgan fingerprint density at radius 3 is 2.47 bits per heavy atom. The van der Waals surface area contributed by atoms with Crippen molar-refractivity contribution in [3.63, 3.8) is 0 Å². The van der Waals surface area contributed by atoms with Crippen molar-refractivity contribution in [3.8, 4) is 0 Å². The molecule has 1 fully saturated rings. The first kappa shape index (κ1) is 13.9. The van der Waals surface area contributed by atoms with Gasteiger partial charge in [0.25, 0.3) is 5.91 Å². The van der Waals surface area contributed by atoms with Crippen LogP contribution in [0.25, 0.3) is 0 Å². The normalized spacial score (nSPS) is 24.3. The third-order valence-corrected chi connectivity index (χ3v) is 3.20. The monoisotopic (exact) mass is 243 g/mol. The third-order valence-electron chi connectivity index (χ3n) is 3.20. The molecular weight excluding hydrogens is 222 g/mol. The summed E-state index contributed by atoms with van der Waals surface area (Å²) in [5.41, 5.74) is 10.5. The summed E-state index contributed by atoms with van der Waals surface area (Å²) in [5, 5.41) is 1.96. The quantitative estimate of drug-likeness (QED) is 0.629. The summed E-state index contributed by atoms with van der Waals surface area (Å²) in [6.07, 6.45) is 4.65. The van der Waals surface area contributed by atoms with E-state index < -0.39 is 11.9 Å². The lowest BCUT2D eigenvalue weighted by molar-refractivity contribution is -0.125. The first-order chi connectivity index (χ1) is 8.13. The van der Waals surface area contributed by atoms with E-state index in [1.807, 2.05) is 5.32 Å². The summed E-state index contributed by atoms with van der Waals surface area (Å²) < 4.78 is 5.29. The zero-order valence-electron chi connectivity index (χ0n) is 9.98. The van der Waals surface area contributed by atoms with Crippen molar-refractivity contribution in [3.05, 3.63) is 0 Å². The van der Waals surface area contributed by atoms with Crippen molar-refractivity contribution in [2.24, 2.45) is 23.3 Å². The van der Waals surface area contributed by atoms with Gasteiger partial charge in [0.1, 0.15) is 6.61 Å². The third kappa shape index (κ3) is 5.14. The van der Waals surface area contributed by atoms with Crippen LogP contribution in [-0.4, -0.2) is 31.7 Å². The van der Waals surface area contributed by atoms with Crippen LogP contribution in [0.4, 0.5) is 4.79 Å². The van der Waals surface area contributed by atoms with Crippen LogP contribution < -0.4 is 16.8 Å². The molecule has 0 aliphatic heterocycles. The van der Waals surface area contributed by atoms with E-state index in [2.05, 4.69) is 0 Å². The van der Waals surface area contributed by atoms with Crippen molar-refractivity contribution >= 4 is 11.9 Å². The van der Waals surface area contributed by atoms with E-state index in [1.54, 1.807) is 0 Å². The SMILES string of the molecule is NCC1CCCCC1COCC(=O)NC(N)=O. The zero-order chi connectivity index (χ0) is 12.7. The Kier molecular flexibility index (Phi) is 5.93. The van der Waals surface area contributed by atoms with Crippen molar-refractivity contribution in [2.75, 3.05) is 19.8 Å². The Morgan fingerprint density at radius 2 is 1.88 bits per heavy atom. The van der Waals surface area contributed by atoms with Crippen LogP contribution >= 0.6 is 0 Å². The highest BCUT2D eigenvalue weighted by molar-refractivity contribution is 5.94. The number of hydrogen-bond donors (Lipinski definition) is 3. The fraction of sp³-hybridized carbons (Fsp3) is 0.818. The summed E-state index contributed by atoms with van der Waals surface area (Å²) in [6.45, 7) is 1.06. The summed E-state index contributed by atoms with van der Waals surface area (Å²) in [4.78, 5) is 21.5. The minimum atomic E-state index is -0.851. The molecule has 2 atom stereocenters. The van der Waals surface area contributed by atoms with Gasteiger partial charge in [-0.25, -0.2) is 4.79 Å². The first-order valence-corrected chi connectivity index (χ1v) is 6.00. The Morgan fingerprint density at radius 1 is 1.24 bits per heavy atom. The van der Waals surface area contributed by atoms with Gasteiger partial charge in [0, 0.05) is 0 Å². The fourth-order valence-electron chi connectivity index (χ4n) is 2.29. The molecule has 1 saturated carbocycles. The largest absolute Gasteiger partial charge is 0.371 e. The van der Waals surface area contributed by atoms with E-state index >= 15 is 0 Å². The van der Waals surface area contributed by atoms with Crippen LogP contribution in [0.3, 0.4) is 0 Å². The molecular formula is C11H21N3O3. The number of hydrogen-bond acceptors (Lipinski definition) is 4. The molecule has 0 radical (unpaired) electrons. The molecule has 3 amide bonds. The molecule has 0 aromatic carbocycles. The maximum atomic E-state index is 11.1. The lowest BCUT2D eigenvalue weighted by Gasteiger charge is -2.30. The van der Waals surface area contributed by atoms with Gasteiger partial charge < -0.3 is 16.2 Å². The molecule has 6 heteroatoms. The predicted molar refractivity (Wildman–Crippen MR) is 63.0 cm³/mol. The van der Waals surface area contributed by atoms with Gasteiger partial charge in [0.05, 0.1) is 6.61 Å². The molecule has 0 heterocycles. The number of carbonyl (C=O) groups excluding carboxylic acids is 2. The second kappa shape index (κ2) is 7.24. The van der Waals surface area contributed by atoms with E-state index in [4.69, 9.17) is 16.2 Å². The lowest BCUT2D eigenvalue weighted by Crippen LogP contribution is -2.38. The number of nitrogens with one attached hydrogen (secondary N) is 1. The molecule has 0 saturated heterocycles. The molecule has 0 spiro atoms. The number of carbonyl (C=O) groups is 2. The van der Waals surface area contributed by atoms with Gasteiger partial charge >= 0.3 is 6.03 Å².